The van der Waals surface area contributed by atoms with Gasteiger partial charge in [0.1, 0.15) is 0 Å². The number of thioether (sulfide) groups is 1. The van der Waals surface area contributed by atoms with E-state index in [0.29, 0.717) is 6.42 Å². The zero-order valence-corrected chi connectivity index (χ0v) is 12.6. The van der Waals surface area contributed by atoms with E-state index in [2.05, 4.69) is 5.32 Å². The van der Waals surface area contributed by atoms with Crippen LogP contribution in [0.25, 0.3) is 0 Å². The number of rotatable bonds is 8. The summed E-state index contributed by atoms with van der Waals surface area (Å²) in [6.45, 7) is 1.58. The van der Waals surface area contributed by atoms with E-state index in [0.717, 1.165) is 30.7 Å². The lowest BCUT2D eigenvalue weighted by molar-refractivity contribution is -0.117. The van der Waals surface area contributed by atoms with Gasteiger partial charge in [-0.3, -0.25) is 9.59 Å². The largest absolute Gasteiger partial charge is 0.325 e. The number of anilines is 1. The number of para-hydroxylation sites is 1. The minimum atomic E-state index is -0.476. The third kappa shape index (κ3) is 7.31. The molecule has 4 nitrogen and oxygen atoms in total. The molecule has 1 atom stereocenters. The predicted molar refractivity (Wildman–Crippen MR) is 84.7 cm³/mol. The molecule has 20 heavy (non-hydrogen) atoms. The Morgan fingerprint density at radius 2 is 1.90 bits per heavy atom. The van der Waals surface area contributed by atoms with Crippen molar-refractivity contribution in [3.05, 3.63) is 30.3 Å². The van der Waals surface area contributed by atoms with Gasteiger partial charge < -0.3 is 11.1 Å². The van der Waals surface area contributed by atoms with Gasteiger partial charge in [0.25, 0.3) is 0 Å². The maximum Gasteiger partial charge on any atom is 0.241 e. The van der Waals surface area contributed by atoms with E-state index in [9.17, 15) is 9.59 Å². The number of benzene rings is 1. The van der Waals surface area contributed by atoms with Crippen molar-refractivity contribution < 1.29 is 9.59 Å². The van der Waals surface area contributed by atoms with E-state index < -0.39 is 6.04 Å². The molecule has 0 saturated carbocycles. The molecule has 0 radical (unpaired) electrons. The predicted octanol–water partition coefficient (Wildman–Crippen LogP) is 2.79. The molecule has 0 aliphatic carbocycles. The van der Waals surface area contributed by atoms with Crippen LogP contribution in [0.1, 0.15) is 32.6 Å². The molecule has 1 aromatic carbocycles. The van der Waals surface area contributed by atoms with Crippen molar-refractivity contribution in [1.82, 2.24) is 0 Å². The second-order valence-electron chi connectivity index (χ2n) is 4.65. The number of hydrogen-bond donors (Lipinski definition) is 2. The number of nitrogens with two attached hydrogens (primary N) is 1. The zero-order chi connectivity index (χ0) is 14.8. The third-order valence-electron chi connectivity index (χ3n) is 2.84. The maximum absolute atomic E-state index is 11.8. The highest BCUT2D eigenvalue weighted by molar-refractivity contribution is 8.13. The normalized spacial score (nSPS) is 11.9. The second kappa shape index (κ2) is 9.55. The molecule has 110 valence electrons. The number of amides is 1. The lowest BCUT2D eigenvalue weighted by Gasteiger charge is -2.12. The van der Waals surface area contributed by atoms with Crippen LogP contribution in [0.4, 0.5) is 5.69 Å². The van der Waals surface area contributed by atoms with Gasteiger partial charge in [0.15, 0.2) is 5.12 Å². The summed E-state index contributed by atoms with van der Waals surface area (Å²) in [7, 11) is 0. The maximum atomic E-state index is 11.8. The van der Waals surface area contributed by atoms with Gasteiger partial charge in [-0.1, -0.05) is 42.8 Å². The fourth-order valence-corrected chi connectivity index (χ4v) is 2.38. The van der Waals surface area contributed by atoms with Crippen LogP contribution < -0.4 is 11.1 Å². The molecule has 3 N–H and O–H groups in total. The van der Waals surface area contributed by atoms with Gasteiger partial charge in [0.05, 0.1) is 6.04 Å². The van der Waals surface area contributed by atoms with Crippen molar-refractivity contribution in [3.63, 3.8) is 0 Å². The monoisotopic (exact) mass is 294 g/mol. The first-order valence-corrected chi connectivity index (χ1v) is 7.83. The number of carbonyl (C=O) groups is 2. The first-order valence-electron chi connectivity index (χ1n) is 6.84. The smallest absolute Gasteiger partial charge is 0.241 e. The highest BCUT2D eigenvalue weighted by Gasteiger charge is 2.12. The van der Waals surface area contributed by atoms with Gasteiger partial charge in [0.2, 0.25) is 5.91 Å². The van der Waals surface area contributed by atoms with Gasteiger partial charge in [0, 0.05) is 18.4 Å². The van der Waals surface area contributed by atoms with Crippen LogP contribution in [0.5, 0.6) is 0 Å². The molecule has 5 heteroatoms. The standard InChI is InChI=1S/C15H22N2O2S/c1-12(18)20-11-7-3-6-10-14(16)15(19)17-13-8-4-2-5-9-13/h2,4-5,8-9,14H,3,6-7,10-11,16H2,1H3,(H,17,19)/t14-/m0/s1. The van der Waals surface area contributed by atoms with Gasteiger partial charge in [-0.2, -0.15) is 0 Å². The van der Waals surface area contributed by atoms with Gasteiger partial charge in [-0.05, 0) is 25.0 Å². The van der Waals surface area contributed by atoms with Gasteiger partial charge in [-0.15, -0.1) is 0 Å². The van der Waals surface area contributed by atoms with Crippen molar-refractivity contribution in [2.45, 2.75) is 38.6 Å². The first kappa shape index (κ1) is 16.7. The SMILES string of the molecule is CC(=O)SCCCCC[C@H](N)C(=O)Nc1ccccc1. The van der Waals surface area contributed by atoms with E-state index >= 15 is 0 Å². The summed E-state index contributed by atoms with van der Waals surface area (Å²) in [6.07, 6.45) is 3.55. The van der Waals surface area contributed by atoms with Crippen LogP contribution in [0.3, 0.4) is 0 Å². The molecular weight excluding hydrogens is 272 g/mol. The number of unbranched alkanes of at least 4 members (excludes halogenated alkanes) is 2. The molecule has 0 spiro atoms. The molecule has 0 bridgehead atoms. The van der Waals surface area contributed by atoms with Crippen LogP contribution in [0, 0.1) is 0 Å². The van der Waals surface area contributed by atoms with Crippen molar-refractivity contribution in [1.29, 1.82) is 0 Å². The van der Waals surface area contributed by atoms with Crippen molar-refractivity contribution in [2.75, 3.05) is 11.1 Å². The quantitative estimate of drug-likeness (QED) is 0.723. The number of nitrogens with one attached hydrogen (secondary N) is 1. The molecule has 0 aromatic heterocycles. The van der Waals surface area contributed by atoms with Gasteiger partial charge in [-0.25, -0.2) is 0 Å². The molecule has 0 aliphatic rings. The van der Waals surface area contributed by atoms with Crippen molar-refractivity contribution >= 4 is 28.5 Å². The van der Waals surface area contributed by atoms with Crippen LogP contribution in [0.2, 0.25) is 0 Å². The second-order valence-corrected chi connectivity index (χ2v) is 5.92. The Bertz CT molecular complexity index is 423. The van der Waals surface area contributed by atoms with Crippen LogP contribution in [-0.2, 0) is 9.59 Å². The lowest BCUT2D eigenvalue weighted by Crippen LogP contribution is -2.35. The Labute approximate surface area is 124 Å². The third-order valence-corrected chi connectivity index (χ3v) is 3.74. The topological polar surface area (TPSA) is 72.2 Å². The lowest BCUT2D eigenvalue weighted by atomic mass is 10.1. The van der Waals surface area contributed by atoms with Gasteiger partial charge >= 0.3 is 0 Å². The molecule has 0 fully saturated rings. The van der Waals surface area contributed by atoms with Crippen LogP contribution >= 0.6 is 11.8 Å². The van der Waals surface area contributed by atoms with Crippen molar-refractivity contribution in [3.8, 4) is 0 Å². The Morgan fingerprint density at radius 1 is 1.20 bits per heavy atom. The Balaban J connectivity index is 2.14. The van der Waals surface area contributed by atoms with E-state index in [-0.39, 0.29) is 11.0 Å². The molecule has 1 aromatic rings. The minimum absolute atomic E-state index is 0.144. The highest BCUT2D eigenvalue weighted by Crippen LogP contribution is 2.10. The average molecular weight is 294 g/mol. The van der Waals surface area contributed by atoms with E-state index in [4.69, 9.17) is 5.73 Å². The summed E-state index contributed by atoms with van der Waals surface area (Å²) in [5, 5.41) is 2.95. The fraction of sp³-hybridized carbons (Fsp3) is 0.467. The van der Waals surface area contributed by atoms with E-state index in [1.165, 1.54) is 11.8 Å². The molecule has 0 unspecified atom stereocenters. The summed E-state index contributed by atoms with van der Waals surface area (Å²) in [5.74, 6) is 0.704. The molecule has 0 saturated heterocycles. The summed E-state index contributed by atoms with van der Waals surface area (Å²) in [5.41, 5.74) is 6.63. The van der Waals surface area contributed by atoms with Crippen LogP contribution in [0.15, 0.2) is 30.3 Å². The highest BCUT2D eigenvalue weighted by atomic mass is 32.2. The Hall–Kier alpha value is -1.33. The summed E-state index contributed by atoms with van der Waals surface area (Å²) < 4.78 is 0. The molecule has 0 aliphatic heterocycles. The number of carbonyl (C=O) groups excluding carboxylic acids is 2. The van der Waals surface area contributed by atoms with Crippen LogP contribution in [-0.4, -0.2) is 22.8 Å². The molecule has 1 rings (SSSR count). The minimum Gasteiger partial charge on any atom is -0.325 e. The molecule has 0 heterocycles. The Kier molecular flexibility index (Phi) is 7.99. The van der Waals surface area contributed by atoms with Crippen molar-refractivity contribution in [2.24, 2.45) is 5.73 Å². The molecule has 1 amide bonds. The van der Waals surface area contributed by atoms with E-state index in [1.807, 2.05) is 30.3 Å². The summed E-state index contributed by atoms with van der Waals surface area (Å²) in [6, 6.07) is 8.83. The Morgan fingerprint density at radius 3 is 2.55 bits per heavy atom. The molecular formula is C15H22N2O2S. The first-order chi connectivity index (χ1) is 9.59. The van der Waals surface area contributed by atoms with E-state index in [1.54, 1.807) is 6.92 Å². The number of hydrogen-bond acceptors (Lipinski definition) is 4. The summed E-state index contributed by atoms with van der Waals surface area (Å²) in [4.78, 5) is 22.6. The zero-order valence-electron chi connectivity index (χ0n) is 11.8. The summed E-state index contributed by atoms with van der Waals surface area (Å²) >= 11 is 1.35. The average Bonchev–Trinajstić information content (AvgIpc) is 2.43. The fourth-order valence-electron chi connectivity index (χ4n) is 1.75.